The van der Waals surface area contributed by atoms with Crippen LogP contribution >= 0.6 is 0 Å². The Bertz CT molecular complexity index is 2230. The fourth-order valence-electron chi connectivity index (χ4n) is 6.52. The number of nitrogens with one attached hydrogen (secondary N) is 1. The number of hydrogen-bond acceptors (Lipinski definition) is 3. The maximum atomic E-state index is 5.44. The predicted octanol–water partition coefficient (Wildman–Crippen LogP) is 12.0. The molecule has 0 unspecified atom stereocenters. The van der Waals surface area contributed by atoms with Crippen LogP contribution in [0.1, 0.15) is 52.7 Å². The summed E-state index contributed by atoms with van der Waals surface area (Å²) in [4.78, 5) is 9.16. The minimum absolute atomic E-state index is 0.0360. The number of ether oxygens (including phenoxy) is 2. The lowest BCUT2D eigenvalue weighted by Crippen LogP contribution is -2.11. The van der Waals surface area contributed by atoms with Crippen molar-refractivity contribution in [1.82, 2.24) is 9.97 Å². The third-order valence-electron chi connectivity index (χ3n) is 9.54. The second-order valence-electron chi connectivity index (χ2n) is 15.0. The first kappa shape index (κ1) is 32.2. The van der Waals surface area contributed by atoms with Gasteiger partial charge in [-0.25, -0.2) is 4.98 Å². The monoisotopic (exact) mass is 644 g/mol. The van der Waals surface area contributed by atoms with Crippen LogP contribution in [0.4, 0.5) is 0 Å². The number of fused-ring (bicyclic) bond motifs is 3. The smallest absolute Gasteiger partial charge is 0.118 e. The van der Waals surface area contributed by atoms with Crippen LogP contribution < -0.4 is 9.47 Å². The highest BCUT2D eigenvalue weighted by atomic mass is 16.5. The molecule has 0 radical (unpaired) electrons. The summed E-state index contributed by atoms with van der Waals surface area (Å²) >= 11 is 0. The largest absolute Gasteiger partial charge is 0.497 e. The van der Waals surface area contributed by atoms with Crippen LogP contribution in [-0.4, -0.2) is 24.2 Å². The van der Waals surface area contributed by atoms with E-state index in [0.29, 0.717) is 0 Å². The zero-order chi connectivity index (χ0) is 34.5. The Balaban J connectivity index is 1.41. The summed E-state index contributed by atoms with van der Waals surface area (Å²) < 4.78 is 10.9. The van der Waals surface area contributed by atoms with Gasteiger partial charge in [0.2, 0.25) is 0 Å². The molecule has 4 heteroatoms. The van der Waals surface area contributed by atoms with Crippen LogP contribution in [0.5, 0.6) is 11.5 Å². The minimum atomic E-state index is -0.0360. The molecular formula is C45H44N2O2. The number of H-pyrrole nitrogens is 1. The molecule has 49 heavy (non-hydrogen) atoms. The Morgan fingerprint density at radius 1 is 0.490 bits per heavy atom. The van der Waals surface area contributed by atoms with E-state index in [2.05, 4.69) is 138 Å². The predicted molar refractivity (Wildman–Crippen MR) is 206 cm³/mol. The SMILES string of the molecule is COc1ccc(-c2cc(-c3ccc(OC)cc3)cc(-c3cccc(-c4cc(C(C)(C)C)cc5c4[nH]c4ccc(C(C)(C)C)cc45)n3)c2)cc1. The van der Waals surface area contributed by atoms with E-state index in [1.165, 1.54) is 21.9 Å². The van der Waals surface area contributed by atoms with Gasteiger partial charge in [0, 0.05) is 27.4 Å². The summed E-state index contributed by atoms with van der Waals surface area (Å²) in [5.41, 5.74) is 13.4. The van der Waals surface area contributed by atoms with Crippen molar-refractivity contribution in [2.45, 2.75) is 52.4 Å². The first-order valence-corrected chi connectivity index (χ1v) is 16.9. The van der Waals surface area contributed by atoms with Gasteiger partial charge < -0.3 is 14.5 Å². The van der Waals surface area contributed by atoms with Gasteiger partial charge in [-0.3, -0.25) is 0 Å². The van der Waals surface area contributed by atoms with E-state index in [9.17, 15) is 0 Å². The number of rotatable bonds is 6. The summed E-state index contributed by atoms with van der Waals surface area (Å²) in [5, 5.41) is 2.49. The van der Waals surface area contributed by atoms with E-state index < -0.39 is 0 Å². The quantitative estimate of drug-likeness (QED) is 0.196. The summed E-state index contributed by atoms with van der Waals surface area (Å²) in [6.45, 7) is 13.7. The average Bonchev–Trinajstić information content (AvgIpc) is 3.48. The van der Waals surface area contributed by atoms with E-state index in [1.807, 2.05) is 24.3 Å². The van der Waals surface area contributed by atoms with E-state index in [0.717, 1.165) is 67.3 Å². The van der Waals surface area contributed by atoms with Crippen LogP contribution in [0.2, 0.25) is 0 Å². The molecule has 0 aliphatic rings. The number of benzene rings is 5. The number of aromatic amines is 1. The lowest BCUT2D eigenvalue weighted by atomic mass is 9.83. The first-order valence-electron chi connectivity index (χ1n) is 16.9. The Kier molecular flexibility index (Phi) is 8.07. The van der Waals surface area contributed by atoms with Gasteiger partial charge in [-0.1, -0.05) is 77.9 Å². The van der Waals surface area contributed by atoms with Gasteiger partial charge in [-0.05, 0) is 123 Å². The van der Waals surface area contributed by atoms with Crippen molar-refractivity contribution < 1.29 is 9.47 Å². The third-order valence-corrected chi connectivity index (χ3v) is 9.54. The molecule has 4 nitrogen and oxygen atoms in total. The van der Waals surface area contributed by atoms with Crippen molar-refractivity contribution in [1.29, 1.82) is 0 Å². The molecule has 0 atom stereocenters. The van der Waals surface area contributed by atoms with Gasteiger partial charge in [0.1, 0.15) is 11.5 Å². The van der Waals surface area contributed by atoms with Gasteiger partial charge in [-0.2, -0.15) is 0 Å². The number of nitrogens with zero attached hydrogens (tertiary/aromatic N) is 1. The lowest BCUT2D eigenvalue weighted by molar-refractivity contribution is 0.415. The molecule has 0 aliphatic carbocycles. The summed E-state index contributed by atoms with van der Waals surface area (Å²) in [5.74, 6) is 1.67. The maximum absolute atomic E-state index is 5.44. The highest BCUT2D eigenvalue weighted by molar-refractivity contribution is 6.12. The summed E-state index contributed by atoms with van der Waals surface area (Å²) in [6, 6.07) is 41.1. The van der Waals surface area contributed by atoms with Gasteiger partial charge in [0.15, 0.2) is 0 Å². The van der Waals surface area contributed by atoms with Crippen molar-refractivity contribution in [3.8, 4) is 56.3 Å². The molecule has 246 valence electrons. The maximum Gasteiger partial charge on any atom is 0.118 e. The van der Waals surface area contributed by atoms with Crippen molar-refractivity contribution in [2.75, 3.05) is 14.2 Å². The Labute approximate surface area is 289 Å². The molecule has 0 amide bonds. The van der Waals surface area contributed by atoms with Crippen molar-refractivity contribution in [3.05, 3.63) is 126 Å². The fourth-order valence-corrected chi connectivity index (χ4v) is 6.52. The normalized spacial score (nSPS) is 12.1. The van der Waals surface area contributed by atoms with Gasteiger partial charge in [0.05, 0.1) is 31.1 Å². The second kappa shape index (κ2) is 12.3. The molecule has 7 rings (SSSR count). The molecule has 7 aromatic rings. The van der Waals surface area contributed by atoms with Crippen LogP contribution in [0, 0.1) is 0 Å². The molecular weight excluding hydrogens is 601 g/mol. The minimum Gasteiger partial charge on any atom is -0.497 e. The molecule has 0 bridgehead atoms. The molecule has 0 saturated carbocycles. The average molecular weight is 645 g/mol. The van der Waals surface area contributed by atoms with Crippen LogP contribution in [0.3, 0.4) is 0 Å². The van der Waals surface area contributed by atoms with Gasteiger partial charge in [-0.15, -0.1) is 0 Å². The summed E-state index contributed by atoms with van der Waals surface area (Å²) in [6.07, 6.45) is 0. The van der Waals surface area contributed by atoms with Crippen molar-refractivity contribution in [2.24, 2.45) is 0 Å². The molecule has 5 aromatic carbocycles. The molecule has 0 saturated heterocycles. The van der Waals surface area contributed by atoms with Gasteiger partial charge in [0.25, 0.3) is 0 Å². The standard InChI is InChI=1S/C45H44N2O2/c1-44(2,3)33-16-21-42-37(25-33)38-26-34(45(4,5)6)27-39(43(38)47-42)41-11-9-10-40(46-41)32-23-30(28-12-17-35(48-7)18-13-28)22-31(24-32)29-14-19-36(49-8)20-15-29/h9-27,47H,1-8H3. The first-order chi connectivity index (χ1) is 23.4. The van der Waals surface area contributed by atoms with Crippen LogP contribution in [0.15, 0.2) is 115 Å². The van der Waals surface area contributed by atoms with Gasteiger partial charge >= 0.3 is 0 Å². The zero-order valence-electron chi connectivity index (χ0n) is 29.7. The zero-order valence-corrected chi connectivity index (χ0v) is 29.7. The lowest BCUT2D eigenvalue weighted by Gasteiger charge is -2.21. The topological polar surface area (TPSA) is 47.1 Å². The molecule has 1 N–H and O–H groups in total. The van der Waals surface area contributed by atoms with Crippen molar-refractivity contribution in [3.63, 3.8) is 0 Å². The molecule has 2 heterocycles. The van der Waals surface area contributed by atoms with E-state index >= 15 is 0 Å². The third kappa shape index (κ3) is 6.31. The molecule has 2 aromatic heterocycles. The number of pyridine rings is 1. The Hall–Kier alpha value is -5.35. The number of aromatic nitrogens is 2. The second-order valence-corrected chi connectivity index (χ2v) is 15.0. The fraction of sp³-hybridized carbons (Fsp3) is 0.222. The number of methoxy groups -OCH3 is 2. The van der Waals surface area contributed by atoms with Crippen LogP contribution in [0.25, 0.3) is 66.6 Å². The van der Waals surface area contributed by atoms with E-state index in [1.54, 1.807) is 14.2 Å². The highest BCUT2D eigenvalue weighted by Crippen LogP contribution is 2.40. The molecule has 0 spiro atoms. The Morgan fingerprint density at radius 2 is 1.02 bits per heavy atom. The summed E-state index contributed by atoms with van der Waals surface area (Å²) in [7, 11) is 3.39. The van der Waals surface area contributed by atoms with E-state index in [4.69, 9.17) is 14.5 Å². The highest BCUT2D eigenvalue weighted by Gasteiger charge is 2.22. The van der Waals surface area contributed by atoms with E-state index in [-0.39, 0.29) is 10.8 Å². The van der Waals surface area contributed by atoms with Crippen LogP contribution in [-0.2, 0) is 10.8 Å². The molecule has 0 aliphatic heterocycles. The number of hydrogen-bond donors (Lipinski definition) is 1. The Morgan fingerprint density at radius 3 is 1.57 bits per heavy atom. The molecule has 0 fully saturated rings. The van der Waals surface area contributed by atoms with Crippen molar-refractivity contribution >= 4 is 21.8 Å².